The molecule has 4 aromatic rings. The zero-order chi connectivity index (χ0) is 21.5. The summed E-state index contributed by atoms with van der Waals surface area (Å²) in [5.74, 6) is 0.393. The number of hydrogen-bond acceptors (Lipinski definition) is 6. The number of tetrazole rings is 1. The van der Waals surface area contributed by atoms with E-state index in [1.54, 1.807) is 18.2 Å². The number of nitrogens with zero attached hydrogens (tertiary/aromatic N) is 3. The Morgan fingerprint density at radius 3 is 2.65 bits per heavy atom. The third kappa shape index (κ3) is 5.33. The molecule has 0 fully saturated rings. The van der Waals surface area contributed by atoms with Crippen LogP contribution in [0.15, 0.2) is 78.9 Å². The number of carbonyl (C=O) groups excluding carboxylic acids is 1. The van der Waals surface area contributed by atoms with Crippen molar-refractivity contribution in [3.63, 3.8) is 0 Å². The van der Waals surface area contributed by atoms with Crippen molar-refractivity contribution in [3.05, 3.63) is 90.0 Å². The lowest BCUT2D eigenvalue weighted by molar-refractivity contribution is -0.111. The zero-order valence-corrected chi connectivity index (χ0v) is 16.6. The van der Waals surface area contributed by atoms with E-state index < -0.39 is 0 Å². The van der Waals surface area contributed by atoms with Crippen LogP contribution in [0.5, 0.6) is 0 Å². The number of rotatable bonds is 7. The molecule has 0 radical (unpaired) electrons. The number of aromatic nitrogens is 4. The SMILES string of the molecule is Nc1ccccc1NC(=O)/C=C/c1ccc(CNc2cccc(-c3nnn[nH]3)c2)cc1. The summed E-state index contributed by atoms with van der Waals surface area (Å²) in [6.07, 6.45) is 3.25. The predicted octanol–water partition coefficient (Wildman–Crippen LogP) is 3.71. The Kier molecular flexibility index (Phi) is 5.99. The Balaban J connectivity index is 1.32. The molecule has 31 heavy (non-hydrogen) atoms. The van der Waals surface area contributed by atoms with Crippen molar-refractivity contribution in [2.75, 3.05) is 16.4 Å². The summed E-state index contributed by atoms with van der Waals surface area (Å²) in [5.41, 5.74) is 10.9. The van der Waals surface area contributed by atoms with E-state index in [9.17, 15) is 4.79 Å². The van der Waals surface area contributed by atoms with Crippen LogP contribution in [0.4, 0.5) is 17.1 Å². The lowest BCUT2D eigenvalue weighted by Crippen LogP contribution is -2.09. The number of H-pyrrole nitrogens is 1. The van der Waals surface area contributed by atoms with E-state index in [0.29, 0.717) is 23.7 Å². The molecule has 0 bridgehead atoms. The van der Waals surface area contributed by atoms with Gasteiger partial charge in [0.2, 0.25) is 5.91 Å². The number of aromatic amines is 1. The quantitative estimate of drug-likeness (QED) is 0.272. The van der Waals surface area contributed by atoms with Gasteiger partial charge in [-0.15, -0.1) is 5.10 Å². The van der Waals surface area contributed by atoms with Crippen molar-refractivity contribution in [1.29, 1.82) is 0 Å². The molecule has 8 nitrogen and oxygen atoms in total. The number of benzene rings is 3. The van der Waals surface area contributed by atoms with Gasteiger partial charge in [-0.05, 0) is 51.9 Å². The number of nitrogens with two attached hydrogens (primary N) is 1. The van der Waals surface area contributed by atoms with Crippen LogP contribution in [0.1, 0.15) is 11.1 Å². The summed E-state index contributed by atoms with van der Waals surface area (Å²) in [6.45, 7) is 0.663. The number of para-hydroxylation sites is 2. The fraction of sp³-hybridized carbons (Fsp3) is 0.0435. The number of anilines is 3. The fourth-order valence-corrected chi connectivity index (χ4v) is 2.97. The summed E-state index contributed by atoms with van der Waals surface area (Å²) in [4.78, 5) is 12.1. The van der Waals surface area contributed by atoms with Crippen molar-refractivity contribution in [2.24, 2.45) is 0 Å². The van der Waals surface area contributed by atoms with E-state index in [-0.39, 0.29) is 5.91 Å². The van der Waals surface area contributed by atoms with Crippen LogP contribution in [0, 0.1) is 0 Å². The normalized spacial score (nSPS) is 10.8. The van der Waals surface area contributed by atoms with Gasteiger partial charge in [0, 0.05) is 23.9 Å². The fourth-order valence-electron chi connectivity index (χ4n) is 2.97. The highest BCUT2D eigenvalue weighted by atomic mass is 16.1. The smallest absolute Gasteiger partial charge is 0.248 e. The second kappa shape index (κ2) is 9.36. The van der Waals surface area contributed by atoms with E-state index in [4.69, 9.17) is 5.73 Å². The molecule has 0 aliphatic rings. The first-order valence-corrected chi connectivity index (χ1v) is 9.68. The van der Waals surface area contributed by atoms with Crippen LogP contribution in [0.3, 0.4) is 0 Å². The molecule has 0 spiro atoms. The van der Waals surface area contributed by atoms with E-state index >= 15 is 0 Å². The summed E-state index contributed by atoms with van der Waals surface area (Å²) in [6, 6.07) is 23.0. The molecular weight excluding hydrogens is 390 g/mol. The Bertz CT molecular complexity index is 1180. The Morgan fingerprint density at radius 2 is 1.87 bits per heavy atom. The minimum Gasteiger partial charge on any atom is -0.397 e. The maximum absolute atomic E-state index is 12.1. The van der Waals surface area contributed by atoms with E-state index in [1.807, 2.05) is 60.7 Å². The monoisotopic (exact) mass is 411 g/mol. The van der Waals surface area contributed by atoms with Crippen molar-refractivity contribution in [3.8, 4) is 11.4 Å². The molecule has 0 saturated heterocycles. The first kappa shape index (κ1) is 19.8. The molecule has 3 aromatic carbocycles. The first-order valence-electron chi connectivity index (χ1n) is 9.68. The van der Waals surface area contributed by atoms with Crippen LogP contribution in [0.25, 0.3) is 17.5 Å². The molecule has 0 saturated carbocycles. The molecule has 1 heterocycles. The maximum Gasteiger partial charge on any atom is 0.248 e. The zero-order valence-electron chi connectivity index (χ0n) is 16.6. The largest absolute Gasteiger partial charge is 0.397 e. The number of carbonyl (C=O) groups is 1. The van der Waals surface area contributed by atoms with Gasteiger partial charge in [-0.25, -0.2) is 5.10 Å². The van der Waals surface area contributed by atoms with E-state index in [0.717, 1.165) is 22.4 Å². The van der Waals surface area contributed by atoms with Gasteiger partial charge in [0.25, 0.3) is 0 Å². The van der Waals surface area contributed by atoms with Gasteiger partial charge >= 0.3 is 0 Å². The number of amides is 1. The third-order valence-electron chi connectivity index (χ3n) is 4.60. The average Bonchev–Trinajstić information content (AvgIpc) is 3.34. The molecule has 0 aliphatic carbocycles. The standard InChI is InChI=1S/C23H21N7O/c24-20-6-1-2-7-21(20)26-22(31)13-12-16-8-10-17(11-9-16)15-25-19-5-3-4-18(14-19)23-27-29-30-28-23/h1-14,25H,15,24H2,(H,26,31)(H,27,28,29,30)/b13-12+. The number of hydrogen-bond donors (Lipinski definition) is 4. The minimum absolute atomic E-state index is 0.231. The van der Waals surface area contributed by atoms with Crippen molar-refractivity contribution in [1.82, 2.24) is 20.6 Å². The molecule has 4 rings (SSSR count). The van der Waals surface area contributed by atoms with E-state index in [1.165, 1.54) is 6.08 Å². The lowest BCUT2D eigenvalue weighted by atomic mass is 10.1. The van der Waals surface area contributed by atoms with Crippen molar-refractivity contribution in [2.45, 2.75) is 6.54 Å². The van der Waals surface area contributed by atoms with E-state index in [2.05, 4.69) is 31.3 Å². The molecule has 1 aromatic heterocycles. The van der Waals surface area contributed by atoms with Gasteiger partial charge in [0.15, 0.2) is 5.82 Å². The van der Waals surface area contributed by atoms with Gasteiger partial charge in [-0.3, -0.25) is 4.79 Å². The summed E-state index contributed by atoms with van der Waals surface area (Å²) in [5, 5.41) is 20.0. The highest BCUT2D eigenvalue weighted by Gasteiger charge is 2.03. The van der Waals surface area contributed by atoms with Gasteiger partial charge in [-0.1, -0.05) is 48.5 Å². The van der Waals surface area contributed by atoms with Gasteiger partial charge in [0.05, 0.1) is 11.4 Å². The molecule has 5 N–H and O–H groups in total. The van der Waals surface area contributed by atoms with Crippen LogP contribution < -0.4 is 16.4 Å². The highest BCUT2D eigenvalue weighted by molar-refractivity contribution is 6.03. The Labute approximate surface area is 179 Å². The Hall–Kier alpha value is -4.46. The van der Waals surface area contributed by atoms with Crippen LogP contribution in [-0.4, -0.2) is 26.5 Å². The highest BCUT2D eigenvalue weighted by Crippen LogP contribution is 2.19. The number of nitrogens with one attached hydrogen (secondary N) is 3. The molecule has 1 amide bonds. The summed E-state index contributed by atoms with van der Waals surface area (Å²) in [7, 11) is 0. The van der Waals surface area contributed by atoms with Gasteiger partial charge in [-0.2, -0.15) is 0 Å². The maximum atomic E-state index is 12.1. The summed E-state index contributed by atoms with van der Waals surface area (Å²) >= 11 is 0. The van der Waals surface area contributed by atoms with Crippen LogP contribution >= 0.6 is 0 Å². The second-order valence-electron chi connectivity index (χ2n) is 6.84. The lowest BCUT2D eigenvalue weighted by Gasteiger charge is -2.08. The average molecular weight is 411 g/mol. The van der Waals surface area contributed by atoms with Crippen molar-refractivity contribution >= 4 is 29.0 Å². The third-order valence-corrected chi connectivity index (χ3v) is 4.60. The molecule has 0 aliphatic heterocycles. The molecule has 0 atom stereocenters. The first-order chi connectivity index (χ1) is 15.2. The predicted molar refractivity (Wildman–Crippen MR) is 122 cm³/mol. The molecule has 154 valence electrons. The molecular formula is C23H21N7O. The topological polar surface area (TPSA) is 122 Å². The molecule has 8 heteroatoms. The number of nitrogen functional groups attached to an aromatic ring is 1. The van der Waals surface area contributed by atoms with Gasteiger partial charge in [0.1, 0.15) is 0 Å². The van der Waals surface area contributed by atoms with Crippen molar-refractivity contribution < 1.29 is 4.79 Å². The summed E-state index contributed by atoms with van der Waals surface area (Å²) < 4.78 is 0. The minimum atomic E-state index is -0.231. The van der Waals surface area contributed by atoms with Crippen LogP contribution in [-0.2, 0) is 11.3 Å². The van der Waals surface area contributed by atoms with Crippen LogP contribution in [0.2, 0.25) is 0 Å². The molecule has 0 unspecified atom stereocenters. The van der Waals surface area contributed by atoms with Gasteiger partial charge < -0.3 is 16.4 Å². The Morgan fingerprint density at radius 1 is 1.03 bits per heavy atom. The second-order valence-corrected chi connectivity index (χ2v) is 6.84.